The van der Waals surface area contributed by atoms with E-state index in [1.807, 2.05) is 12.4 Å². The van der Waals surface area contributed by atoms with Crippen molar-refractivity contribution in [2.45, 2.75) is 33.6 Å². The first-order valence-electron chi connectivity index (χ1n) is 6.54. The Morgan fingerprint density at radius 1 is 1.29 bits per heavy atom. The summed E-state index contributed by atoms with van der Waals surface area (Å²) in [4.78, 5) is 4.25. The highest BCUT2D eigenvalue weighted by Gasteiger charge is 2.44. The van der Waals surface area contributed by atoms with Gasteiger partial charge in [-0.2, -0.15) is 0 Å². The molecule has 0 aromatic carbocycles. The number of hydrogen-bond acceptors (Lipinski definition) is 3. The molecule has 0 spiro atoms. The second-order valence-corrected chi connectivity index (χ2v) is 5.66. The summed E-state index contributed by atoms with van der Waals surface area (Å²) in [5.74, 6) is 0.815. The van der Waals surface area contributed by atoms with Crippen molar-refractivity contribution in [1.29, 1.82) is 0 Å². The second kappa shape index (κ2) is 4.94. The lowest BCUT2D eigenvalue weighted by Gasteiger charge is -2.09. The lowest BCUT2D eigenvalue weighted by molar-refractivity contribution is 0.573. The molecular formula is C14H23N3. The topological polar surface area (TPSA) is 37.0 Å². The molecule has 0 saturated heterocycles. The van der Waals surface area contributed by atoms with Gasteiger partial charge in [-0.15, -0.1) is 0 Å². The van der Waals surface area contributed by atoms with Crippen LogP contribution in [-0.4, -0.2) is 18.1 Å². The molecule has 17 heavy (non-hydrogen) atoms. The zero-order valence-electron chi connectivity index (χ0n) is 11.1. The van der Waals surface area contributed by atoms with Gasteiger partial charge in [-0.05, 0) is 30.2 Å². The summed E-state index contributed by atoms with van der Waals surface area (Å²) < 4.78 is 0. The highest BCUT2D eigenvalue weighted by molar-refractivity contribution is 5.54. The van der Waals surface area contributed by atoms with E-state index in [2.05, 4.69) is 42.5 Å². The van der Waals surface area contributed by atoms with Crippen LogP contribution in [0.5, 0.6) is 0 Å². The van der Waals surface area contributed by atoms with E-state index >= 15 is 0 Å². The number of nitrogens with one attached hydrogen (secondary N) is 2. The third-order valence-electron chi connectivity index (χ3n) is 3.59. The molecule has 0 radical (unpaired) electrons. The summed E-state index contributed by atoms with van der Waals surface area (Å²) in [6.45, 7) is 8.89. The predicted molar refractivity (Wildman–Crippen MR) is 73.4 cm³/mol. The second-order valence-electron chi connectivity index (χ2n) is 5.66. The maximum absolute atomic E-state index is 4.25. The maximum atomic E-state index is 4.25. The van der Waals surface area contributed by atoms with Crippen LogP contribution >= 0.6 is 0 Å². The van der Waals surface area contributed by atoms with Crippen LogP contribution in [0.1, 0.15) is 33.6 Å². The van der Waals surface area contributed by atoms with Crippen molar-refractivity contribution in [3.05, 3.63) is 18.5 Å². The van der Waals surface area contributed by atoms with Crippen molar-refractivity contribution in [2.24, 2.45) is 11.3 Å². The van der Waals surface area contributed by atoms with Crippen LogP contribution in [0.4, 0.5) is 11.4 Å². The average molecular weight is 233 g/mol. The van der Waals surface area contributed by atoms with Crippen molar-refractivity contribution in [2.75, 3.05) is 23.7 Å². The van der Waals surface area contributed by atoms with Gasteiger partial charge in [0.15, 0.2) is 0 Å². The van der Waals surface area contributed by atoms with Gasteiger partial charge in [0.05, 0.1) is 23.8 Å². The molecule has 1 unspecified atom stereocenters. The molecule has 3 nitrogen and oxygen atoms in total. The van der Waals surface area contributed by atoms with E-state index in [-0.39, 0.29) is 0 Å². The third-order valence-corrected chi connectivity index (χ3v) is 3.59. The predicted octanol–water partition coefficient (Wildman–Crippen LogP) is 3.36. The Labute approximate surface area is 104 Å². The third kappa shape index (κ3) is 3.35. The van der Waals surface area contributed by atoms with Gasteiger partial charge in [0.2, 0.25) is 0 Å². The fraction of sp³-hybridized carbons (Fsp3) is 0.643. The molecule has 0 aliphatic heterocycles. The number of hydrogen-bond donors (Lipinski definition) is 2. The first-order chi connectivity index (χ1) is 8.12. The zero-order chi connectivity index (χ0) is 12.3. The minimum atomic E-state index is 0.540. The fourth-order valence-corrected chi connectivity index (χ4v) is 2.07. The monoisotopic (exact) mass is 233 g/mol. The molecule has 3 heteroatoms. The van der Waals surface area contributed by atoms with Gasteiger partial charge < -0.3 is 10.6 Å². The Kier molecular flexibility index (Phi) is 3.55. The molecule has 1 aromatic heterocycles. The normalized spacial score (nSPS) is 21.0. The van der Waals surface area contributed by atoms with E-state index in [0.29, 0.717) is 5.41 Å². The van der Waals surface area contributed by atoms with Crippen LogP contribution in [0, 0.1) is 11.3 Å². The van der Waals surface area contributed by atoms with Gasteiger partial charge >= 0.3 is 0 Å². The van der Waals surface area contributed by atoms with Crippen LogP contribution < -0.4 is 10.6 Å². The van der Waals surface area contributed by atoms with Gasteiger partial charge in [0.1, 0.15) is 0 Å². The van der Waals surface area contributed by atoms with E-state index < -0.39 is 0 Å². The molecule has 1 aliphatic carbocycles. The van der Waals surface area contributed by atoms with Crippen molar-refractivity contribution in [1.82, 2.24) is 4.98 Å². The molecule has 1 aromatic rings. The van der Waals surface area contributed by atoms with E-state index in [0.717, 1.165) is 36.8 Å². The summed E-state index contributed by atoms with van der Waals surface area (Å²) in [5, 5.41) is 6.83. The Hall–Kier alpha value is -1.25. The quantitative estimate of drug-likeness (QED) is 0.791. The lowest BCUT2D eigenvalue weighted by atomic mass is 10.1. The minimum absolute atomic E-state index is 0.540. The average Bonchev–Trinajstić information content (AvgIpc) is 2.92. The number of rotatable bonds is 6. The van der Waals surface area contributed by atoms with Crippen molar-refractivity contribution in [3.63, 3.8) is 0 Å². The molecule has 2 N–H and O–H groups in total. The van der Waals surface area contributed by atoms with E-state index in [1.54, 1.807) is 0 Å². The molecule has 1 aliphatic rings. The van der Waals surface area contributed by atoms with Crippen molar-refractivity contribution >= 4 is 11.4 Å². The summed E-state index contributed by atoms with van der Waals surface area (Å²) in [7, 11) is 0. The fourth-order valence-electron chi connectivity index (χ4n) is 2.07. The van der Waals surface area contributed by atoms with Gasteiger partial charge in [-0.25, -0.2) is 0 Å². The number of pyridine rings is 1. The lowest BCUT2D eigenvalue weighted by Crippen LogP contribution is -2.08. The SMILES string of the molecule is CCCNc1cncc(NCC2CC2(C)C)c1. The highest BCUT2D eigenvalue weighted by Crippen LogP contribution is 2.51. The van der Waals surface area contributed by atoms with Crippen molar-refractivity contribution in [3.8, 4) is 0 Å². The molecule has 0 amide bonds. The van der Waals surface area contributed by atoms with Crippen LogP contribution in [0.15, 0.2) is 18.5 Å². The number of nitrogens with zero attached hydrogens (tertiary/aromatic N) is 1. The van der Waals surface area contributed by atoms with Crippen LogP contribution in [0.2, 0.25) is 0 Å². The summed E-state index contributed by atoms with van der Waals surface area (Å²) in [6, 6.07) is 2.14. The standard InChI is InChI=1S/C14H23N3/c1-4-5-16-12-6-13(10-15-9-12)17-8-11-7-14(11,2)3/h6,9-11,16-17H,4-5,7-8H2,1-3H3. The Balaban J connectivity index is 1.84. The maximum Gasteiger partial charge on any atom is 0.0547 e. The zero-order valence-corrected chi connectivity index (χ0v) is 11.1. The van der Waals surface area contributed by atoms with E-state index in [4.69, 9.17) is 0 Å². The van der Waals surface area contributed by atoms with Crippen LogP contribution in [0.25, 0.3) is 0 Å². The Morgan fingerprint density at radius 2 is 1.94 bits per heavy atom. The minimum Gasteiger partial charge on any atom is -0.384 e. The van der Waals surface area contributed by atoms with Gasteiger partial charge in [0.25, 0.3) is 0 Å². The summed E-state index contributed by atoms with van der Waals surface area (Å²) in [5.41, 5.74) is 2.76. The van der Waals surface area contributed by atoms with E-state index in [1.165, 1.54) is 6.42 Å². The first-order valence-corrected chi connectivity index (χ1v) is 6.54. The first kappa shape index (κ1) is 12.2. The highest BCUT2D eigenvalue weighted by atomic mass is 14.9. The molecule has 2 rings (SSSR count). The Morgan fingerprint density at radius 3 is 2.53 bits per heavy atom. The molecular weight excluding hydrogens is 210 g/mol. The summed E-state index contributed by atoms with van der Waals surface area (Å²) in [6.07, 6.45) is 6.24. The molecule has 1 atom stereocenters. The number of aromatic nitrogens is 1. The van der Waals surface area contributed by atoms with Crippen molar-refractivity contribution < 1.29 is 0 Å². The van der Waals surface area contributed by atoms with Crippen LogP contribution in [-0.2, 0) is 0 Å². The molecule has 1 saturated carbocycles. The smallest absolute Gasteiger partial charge is 0.0547 e. The van der Waals surface area contributed by atoms with Gasteiger partial charge in [0, 0.05) is 13.1 Å². The molecule has 1 fully saturated rings. The largest absolute Gasteiger partial charge is 0.384 e. The van der Waals surface area contributed by atoms with Crippen LogP contribution in [0.3, 0.4) is 0 Å². The molecule has 0 bridgehead atoms. The summed E-state index contributed by atoms with van der Waals surface area (Å²) >= 11 is 0. The van der Waals surface area contributed by atoms with Gasteiger partial charge in [-0.1, -0.05) is 20.8 Å². The van der Waals surface area contributed by atoms with E-state index in [9.17, 15) is 0 Å². The molecule has 1 heterocycles. The number of anilines is 2. The Bertz CT molecular complexity index is 373. The van der Waals surface area contributed by atoms with Gasteiger partial charge in [-0.3, -0.25) is 4.98 Å². The molecule has 94 valence electrons.